The highest BCUT2D eigenvalue weighted by Crippen LogP contribution is 2.31. The van der Waals surface area contributed by atoms with E-state index < -0.39 is 0 Å². The van der Waals surface area contributed by atoms with Gasteiger partial charge >= 0.3 is 0 Å². The predicted molar refractivity (Wildman–Crippen MR) is 152 cm³/mol. The molecule has 0 aliphatic rings. The number of hydrogen-bond acceptors (Lipinski definition) is 7. The number of phenols is 1. The molecule has 2 aromatic heterocycles. The highest BCUT2D eigenvalue weighted by atomic mass is 79.9. The first kappa shape index (κ1) is 26.8. The van der Waals surface area contributed by atoms with Crippen LogP contribution in [0.3, 0.4) is 0 Å². The number of carbonyl (C=O) groups excluding carboxylic acids is 1. The van der Waals surface area contributed by atoms with Gasteiger partial charge in [0, 0.05) is 24.7 Å². The molecule has 0 aliphatic carbocycles. The number of anilines is 1. The van der Waals surface area contributed by atoms with Crippen molar-refractivity contribution < 1.29 is 14.6 Å². The first-order chi connectivity index (χ1) is 18.6. The van der Waals surface area contributed by atoms with Crippen LogP contribution >= 0.6 is 15.9 Å². The Balaban J connectivity index is 0.000000283. The summed E-state index contributed by atoms with van der Waals surface area (Å²) < 4.78 is 7.54. The molecule has 5 rings (SSSR count). The Labute approximate surface area is 229 Å². The fourth-order valence-corrected chi connectivity index (χ4v) is 4.06. The zero-order valence-corrected chi connectivity index (χ0v) is 22.4. The fraction of sp³-hybridized carbons (Fsp3) is 0.138. The molecule has 0 unspecified atom stereocenters. The van der Waals surface area contributed by atoms with E-state index in [1.807, 2.05) is 55.6 Å². The third-order valence-corrected chi connectivity index (χ3v) is 6.11. The van der Waals surface area contributed by atoms with Crippen molar-refractivity contribution in [3.63, 3.8) is 0 Å². The lowest BCUT2D eigenvalue weighted by molar-refractivity contribution is -0.109. The minimum Gasteiger partial charge on any atom is -0.507 e. The molecule has 194 valence electrons. The Hall–Kier alpha value is -4.21. The molecule has 5 aromatic rings. The molecule has 2 heterocycles. The van der Waals surface area contributed by atoms with Crippen molar-refractivity contribution in [1.29, 1.82) is 0 Å². The molecule has 0 amide bonds. The number of nitrogens with one attached hydrogen (secondary N) is 2. The summed E-state index contributed by atoms with van der Waals surface area (Å²) in [6.45, 7) is 1.63. The summed E-state index contributed by atoms with van der Waals surface area (Å²) in [4.78, 5) is 14.5. The SMILES string of the molecule is CNCc1ccc(CNc2cc(-c3ccccc3O)nc3c(Br)cnn23)cc1.O=CCOc1ccccc1. The van der Waals surface area contributed by atoms with Crippen molar-refractivity contribution in [2.75, 3.05) is 19.0 Å². The van der Waals surface area contributed by atoms with Gasteiger partial charge in [-0.05, 0) is 58.4 Å². The monoisotopic (exact) mass is 573 g/mol. The molecule has 0 saturated carbocycles. The van der Waals surface area contributed by atoms with E-state index in [0.717, 1.165) is 28.9 Å². The summed E-state index contributed by atoms with van der Waals surface area (Å²) in [6.07, 6.45) is 2.45. The maximum absolute atomic E-state index is 10.2. The lowest BCUT2D eigenvalue weighted by Crippen LogP contribution is -2.08. The third kappa shape index (κ3) is 6.96. The quantitative estimate of drug-likeness (QED) is 0.201. The molecule has 0 radical (unpaired) electrons. The highest BCUT2D eigenvalue weighted by Gasteiger charge is 2.13. The third-order valence-electron chi connectivity index (χ3n) is 5.55. The van der Waals surface area contributed by atoms with Gasteiger partial charge in [-0.25, -0.2) is 4.98 Å². The number of ether oxygens (including phenoxy) is 1. The molecular weight excluding hydrogens is 546 g/mol. The normalized spacial score (nSPS) is 10.5. The fourth-order valence-electron chi connectivity index (χ4n) is 3.71. The van der Waals surface area contributed by atoms with Crippen LogP contribution in [0.2, 0.25) is 0 Å². The first-order valence-corrected chi connectivity index (χ1v) is 12.8. The minimum atomic E-state index is 0.129. The average Bonchev–Trinajstić information content (AvgIpc) is 3.33. The van der Waals surface area contributed by atoms with Crippen molar-refractivity contribution in [3.8, 4) is 22.8 Å². The number of aromatic hydroxyl groups is 1. The van der Waals surface area contributed by atoms with Crippen molar-refractivity contribution in [3.05, 3.63) is 107 Å². The molecule has 3 N–H and O–H groups in total. The number of halogens is 1. The number of carbonyl (C=O) groups is 1. The maximum atomic E-state index is 10.2. The molecule has 0 atom stereocenters. The van der Waals surface area contributed by atoms with Gasteiger partial charge in [-0.3, -0.25) is 4.79 Å². The van der Waals surface area contributed by atoms with Crippen LogP contribution in [0.25, 0.3) is 16.9 Å². The summed E-state index contributed by atoms with van der Waals surface area (Å²) >= 11 is 3.50. The Morgan fingerprint density at radius 3 is 2.34 bits per heavy atom. The topological polar surface area (TPSA) is 101 Å². The molecule has 3 aromatic carbocycles. The van der Waals surface area contributed by atoms with Gasteiger partial charge < -0.3 is 20.5 Å². The lowest BCUT2D eigenvalue weighted by Gasteiger charge is -2.12. The number of fused-ring (bicyclic) bond motifs is 1. The van der Waals surface area contributed by atoms with Crippen molar-refractivity contribution in [2.24, 2.45) is 0 Å². The van der Waals surface area contributed by atoms with Crippen LogP contribution in [0, 0.1) is 0 Å². The molecule has 0 bridgehead atoms. The summed E-state index contributed by atoms with van der Waals surface area (Å²) in [5.74, 6) is 1.73. The second kappa shape index (κ2) is 13.4. The van der Waals surface area contributed by atoms with Gasteiger partial charge in [-0.1, -0.05) is 54.6 Å². The summed E-state index contributed by atoms with van der Waals surface area (Å²) in [5, 5.41) is 21.2. The van der Waals surface area contributed by atoms with Crippen LogP contribution in [0.15, 0.2) is 95.6 Å². The van der Waals surface area contributed by atoms with E-state index in [4.69, 9.17) is 4.74 Å². The zero-order chi connectivity index (χ0) is 26.7. The summed E-state index contributed by atoms with van der Waals surface area (Å²) in [6, 6.07) is 26.8. The summed E-state index contributed by atoms with van der Waals surface area (Å²) in [7, 11) is 1.94. The molecular formula is C29H28BrN5O3. The predicted octanol–water partition coefficient (Wildman–Crippen LogP) is 5.46. The Kier molecular flexibility index (Phi) is 9.44. The van der Waals surface area contributed by atoms with Gasteiger partial charge in [0.25, 0.3) is 0 Å². The molecule has 38 heavy (non-hydrogen) atoms. The van der Waals surface area contributed by atoms with Gasteiger partial charge in [0.05, 0.1) is 16.4 Å². The Morgan fingerprint density at radius 1 is 0.974 bits per heavy atom. The minimum absolute atomic E-state index is 0.129. The van der Waals surface area contributed by atoms with Gasteiger partial charge in [0.15, 0.2) is 11.9 Å². The van der Waals surface area contributed by atoms with Crippen LogP contribution in [0.1, 0.15) is 11.1 Å². The number of benzene rings is 3. The molecule has 0 fully saturated rings. The zero-order valence-electron chi connectivity index (χ0n) is 20.8. The Bertz CT molecular complexity index is 1470. The van der Waals surface area contributed by atoms with E-state index in [0.29, 0.717) is 23.4 Å². The second-order valence-corrected chi connectivity index (χ2v) is 9.12. The van der Waals surface area contributed by atoms with E-state index in [1.165, 1.54) is 11.1 Å². The van der Waals surface area contributed by atoms with Crippen LogP contribution in [0.5, 0.6) is 11.5 Å². The molecule has 0 aliphatic heterocycles. The van der Waals surface area contributed by atoms with E-state index in [-0.39, 0.29) is 12.4 Å². The lowest BCUT2D eigenvalue weighted by atomic mass is 10.1. The molecule has 9 heteroatoms. The van der Waals surface area contributed by atoms with Gasteiger partial charge in [0.1, 0.15) is 23.9 Å². The van der Waals surface area contributed by atoms with E-state index in [2.05, 4.69) is 60.9 Å². The number of aldehydes is 1. The molecule has 0 saturated heterocycles. The number of phenolic OH excluding ortho intramolecular Hbond substituents is 1. The van der Waals surface area contributed by atoms with Crippen LogP contribution in [-0.2, 0) is 17.9 Å². The maximum Gasteiger partial charge on any atom is 0.172 e. The van der Waals surface area contributed by atoms with E-state index in [9.17, 15) is 9.90 Å². The molecule has 8 nitrogen and oxygen atoms in total. The highest BCUT2D eigenvalue weighted by molar-refractivity contribution is 9.10. The van der Waals surface area contributed by atoms with Crippen LogP contribution in [0.4, 0.5) is 5.82 Å². The van der Waals surface area contributed by atoms with Crippen molar-refractivity contribution >= 4 is 33.7 Å². The van der Waals surface area contributed by atoms with Crippen molar-refractivity contribution in [1.82, 2.24) is 19.9 Å². The van der Waals surface area contributed by atoms with Crippen LogP contribution in [-0.4, -0.2) is 39.6 Å². The molecule has 0 spiro atoms. The largest absolute Gasteiger partial charge is 0.507 e. The van der Waals surface area contributed by atoms with Gasteiger partial charge in [-0.2, -0.15) is 9.61 Å². The number of nitrogens with zero attached hydrogens (tertiary/aromatic N) is 3. The number of para-hydroxylation sites is 2. The number of aromatic nitrogens is 3. The average molecular weight is 574 g/mol. The second-order valence-electron chi connectivity index (χ2n) is 8.26. The standard InChI is InChI=1S/C21H20BrN5O.C8H8O2/c1-23-11-14-6-8-15(9-7-14)12-24-20-10-18(16-4-2-3-5-19(16)28)26-21-17(22)13-25-27(20)21;9-6-7-10-8-4-2-1-3-5-8/h2-10,13,23-24,28H,11-12H2,1H3;1-6H,7H2. The Morgan fingerprint density at radius 2 is 1.66 bits per heavy atom. The smallest absolute Gasteiger partial charge is 0.172 e. The van der Waals surface area contributed by atoms with Crippen molar-refractivity contribution in [2.45, 2.75) is 13.1 Å². The number of hydrogen-bond donors (Lipinski definition) is 3. The van der Waals surface area contributed by atoms with E-state index in [1.54, 1.807) is 22.8 Å². The van der Waals surface area contributed by atoms with E-state index >= 15 is 0 Å². The van der Waals surface area contributed by atoms with Gasteiger partial charge in [-0.15, -0.1) is 0 Å². The summed E-state index contributed by atoms with van der Waals surface area (Å²) in [5.41, 5.74) is 4.46. The number of rotatable bonds is 9. The first-order valence-electron chi connectivity index (χ1n) is 12.0. The van der Waals surface area contributed by atoms with Crippen LogP contribution < -0.4 is 15.4 Å². The van der Waals surface area contributed by atoms with Gasteiger partial charge in [0.2, 0.25) is 0 Å².